The smallest absolute Gasteiger partial charge is 0.292 e. The fraction of sp³-hybridized carbons (Fsp3) is 1.00. The van der Waals surface area contributed by atoms with E-state index < -0.39 is 16.4 Å². The van der Waals surface area contributed by atoms with Crippen molar-refractivity contribution in [3.8, 4) is 0 Å². The maximum absolute atomic E-state index is 10.0. The molecule has 6 nitrogen and oxygen atoms in total. The minimum absolute atomic E-state index is 0.113. The van der Waals surface area contributed by atoms with Crippen LogP contribution in [0.4, 0.5) is 0 Å². The SMILES string of the molecule is [NH]S(=O)(=O)NC(O)CCO. The van der Waals surface area contributed by atoms with Crippen LogP contribution < -0.4 is 9.86 Å². The monoisotopic (exact) mass is 169 g/mol. The zero-order chi connectivity index (χ0) is 8.20. The molecule has 0 bridgehead atoms. The Balaban J connectivity index is 3.69. The molecule has 1 radical (unpaired) electrons. The number of hydrogen-bond donors (Lipinski definition) is 3. The van der Waals surface area contributed by atoms with Crippen LogP contribution in [-0.4, -0.2) is 31.5 Å². The second-order valence-corrected chi connectivity index (χ2v) is 2.89. The number of hydrogen-bond acceptors (Lipinski definition) is 4. The summed E-state index contributed by atoms with van der Waals surface area (Å²) in [7, 11) is -4.11. The highest BCUT2D eigenvalue weighted by Crippen LogP contribution is 1.85. The highest BCUT2D eigenvalue weighted by atomic mass is 32.2. The van der Waals surface area contributed by atoms with Crippen molar-refractivity contribution in [3.05, 3.63) is 0 Å². The first-order valence-corrected chi connectivity index (χ1v) is 4.00. The van der Waals surface area contributed by atoms with Crippen molar-refractivity contribution in [2.45, 2.75) is 12.6 Å². The molecule has 0 aliphatic heterocycles. The van der Waals surface area contributed by atoms with Crippen molar-refractivity contribution >= 4 is 10.2 Å². The summed E-state index contributed by atoms with van der Waals surface area (Å²) in [5.74, 6) is 0. The summed E-state index contributed by atoms with van der Waals surface area (Å²) in [5, 5.41) is 23.1. The lowest BCUT2D eigenvalue weighted by molar-refractivity contribution is 0.124. The zero-order valence-electron chi connectivity index (χ0n) is 5.11. The molecule has 0 aromatic heterocycles. The van der Waals surface area contributed by atoms with Crippen LogP contribution in [0, 0.1) is 0 Å². The van der Waals surface area contributed by atoms with E-state index in [-0.39, 0.29) is 13.0 Å². The second kappa shape index (κ2) is 3.84. The molecule has 61 valence electrons. The van der Waals surface area contributed by atoms with Gasteiger partial charge < -0.3 is 10.2 Å². The Morgan fingerprint density at radius 3 is 2.40 bits per heavy atom. The molecule has 0 saturated carbocycles. The van der Waals surface area contributed by atoms with E-state index in [0.29, 0.717) is 0 Å². The van der Waals surface area contributed by atoms with E-state index in [2.05, 4.69) is 0 Å². The molecule has 0 aromatic rings. The van der Waals surface area contributed by atoms with Gasteiger partial charge in [-0.05, 0) is 0 Å². The van der Waals surface area contributed by atoms with Gasteiger partial charge in [-0.1, -0.05) is 0 Å². The lowest BCUT2D eigenvalue weighted by Gasteiger charge is -2.06. The molecule has 0 fully saturated rings. The molecule has 4 N–H and O–H groups in total. The van der Waals surface area contributed by atoms with Gasteiger partial charge in [-0.3, -0.25) is 0 Å². The van der Waals surface area contributed by atoms with Gasteiger partial charge in [-0.2, -0.15) is 13.1 Å². The normalized spacial score (nSPS) is 15.1. The predicted molar refractivity (Wildman–Crippen MR) is 32.9 cm³/mol. The Bertz CT molecular complexity index is 177. The maximum Gasteiger partial charge on any atom is 0.292 e. The molecule has 0 saturated heterocycles. The first kappa shape index (κ1) is 9.79. The Morgan fingerprint density at radius 2 is 2.10 bits per heavy atom. The molecule has 1 unspecified atom stereocenters. The van der Waals surface area contributed by atoms with Crippen LogP contribution in [0.2, 0.25) is 0 Å². The van der Waals surface area contributed by atoms with E-state index in [1.54, 1.807) is 4.72 Å². The van der Waals surface area contributed by atoms with Crippen LogP contribution in [0.5, 0.6) is 0 Å². The lowest BCUT2D eigenvalue weighted by atomic mass is 10.4. The molecular weight excluding hydrogens is 160 g/mol. The van der Waals surface area contributed by atoms with E-state index in [9.17, 15) is 8.42 Å². The first-order chi connectivity index (χ1) is 4.45. The Kier molecular flexibility index (Phi) is 3.76. The topological polar surface area (TPSA) is 110 Å². The fourth-order valence-corrected chi connectivity index (χ4v) is 0.836. The van der Waals surface area contributed by atoms with Gasteiger partial charge >= 0.3 is 0 Å². The van der Waals surface area contributed by atoms with Gasteiger partial charge in [-0.25, -0.2) is 0 Å². The van der Waals surface area contributed by atoms with Crippen LogP contribution in [0.1, 0.15) is 6.42 Å². The van der Waals surface area contributed by atoms with Crippen LogP contribution in [-0.2, 0) is 10.2 Å². The Morgan fingerprint density at radius 1 is 1.60 bits per heavy atom. The molecule has 0 aromatic carbocycles. The minimum Gasteiger partial charge on any atom is -0.396 e. The van der Waals surface area contributed by atoms with E-state index >= 15 is 0 Å². The van der Waals surface area contributed by atoms with Gasteiger partial charge in [0.2, 0.25) is 0 Å². The summed E-state index contributed by atoms with van der Waals surface area (Å²) in [6, 6.07) is 0. The predicted octanol–water partition coefficient (Wildman–Crippen LogP) is -2.20. The molecule has 0 aliphatic rings. The Labute approximate surface area is 58.8 Å². The van der Waals surface area contributed by atoms with Gasteiger partial charge in [0, 0.05) is 13.0 Å². The molecule has 0 heterocycles. The third-order valence-electron chi connectivity index (χ3n) is 0.694. The maximum atomic E-state index is 10.0. The summed E-state index contributed by atoms with van der Waals surface area (Å²) >= 11 is 0. The first-order valence-electron chi connectivity index (χ1n) is 2.51. The molecule has 7 heteroatoms. The number of aliphatic hydroxyl groups excluding tert-OH is 2. The number of nitrogens with one attached hydrogen (secondary N) is 2. The van der Waals surface area contributed by atoms with Gasteiger partial charge in [0.05, 0.1) is 0 Å². The highest BCUT2D eigenvalue weighted by Gasteiger charge is 2.09. The van der Waals surface area contributed by atoms with Gasteiger partial charge in [0.25, 0.3) is 10.2 Å². The van der Waals surface area contributed by atoms with Crippen molar-refractivity contribution in [3.63, 3.8) is 0 Å². The van der Waals surface area contributed by atoms with Crippen molar-refractivity contribution in [2.24, 2.45) is 0 Å². The molecule has 0 rings (SSSR count). The summed E-state index contributed by atoms with van der Waals surface area (Å²) in [6.07, 6.45) is -1.48. The largest absolute Gasteiger partial charge is 0.396 e. The molecular formula is C3H9N2O4S. The zero-order valence-corrected chi connectivity index (χ0v) is 5.93. The quantitative estimate of drug-likeness (QED) is 0.415. The van der Waals surface area contributed by atoms with Crippen molar-refractivity contribution in [1.29, 1.82) is 0 Å². The van der Waals surface area contributed by atoms with Crippen molar-refractivity contribution in [2.75, 3.05) is 6.61 Å². The molecule has 0 aliphatic carbocycles. The van der Waals surface area contributed by atoms with Gasteiger partial charge in [-0.15, -0.1) is 5.14 Å². The van der Waals surface area contributed by atoms with Crippen molar-refractivity contribution in [1.82, 2.24) is 9.86 Å². The summed E-state index contributed by atoms with van der Waals surface area (Å²) in [5.41, 5.74) is 0. The van der Waals surface area contributed by atoms with E-state index in [4.69, 9.17) is 15.4 Å². The Hall–Kier alpha value is -0.210. The average molecular weight is 169 g/mol. The van der Waals surface area contributed by atoms with Crippen LogP contribution in [0.25, 0.3) is 0 Å². The van der Waals surface area contributed by atoms with E-state index in [0.717, 1.165) is 0 Å². The third kappa shape index (κ3) is 5.92. The average Bonchev–Trinajstić information content (AvgIpc) is 1.59. The summed E-state index contributed by atoms with van der Waals surface area (Å²) in [6.45, 7) is -0.330. The van der Waals surface area contributed by atoms with E-state index in [1.807, 2.05) is 0 Å². The lowest BCUT2D eigenvalue weighted by Crippen LogP contribution is -2.35. The highest BCUT2D eigenvalue weighted by molar-refractivity contribution is 7.86. The van der Waals surface area contributed by atoms with Crippen LogP contribution in [0.3, 0.4) is 0 Å². The summed E-state index contributed by atoms with van der Waals surface area (Å²) in [4.78, 5) is 0. The van der Waals surface area contributed by atoms with Crippen LogP contribution >= 0.6 is 0 Å². The molecule has 0 amide bonds. The minimum atomic E-state index is -4.11. The fourth-order valence-electron chi connectivity index (χ4n) is 0.360. The number of rotatable bonds is 4. The molecule has 10 heavy (non-hydrogen) atoms. The second-order valence-electron chi connectivity index (χ2n) is 1.65. The molecule has 0 spiro atoms. The van der Waals surface area contributed by atoms with Crippen LogP contribution in [0.15, 0.2) is 0 Å². The number of aliphatic hydroxyl groups is 2. The summed E-state index contributed by atoms with van der Waals surface area (Å²) < 4.78 is 21.6. The third-order valence-corrected chi connectivity index (χ3v) is 1.28. The van der Waals surface area contributed by atoms with E-state index in [1.165, 1.54) is 0 Å². The molecule has 1 atom stereocenters. The standard InChI is InChI=1S/C3H9N2O4S/c4-10(8,9)5-3(7)1-2-6/h3-7H,1-2H2. The van der Waals surface area contributed by atoms with Gasteiger partial charge in [0.15, 0.2) is 0 Å². The van der Waals surface area contributed by atoms with Crippen molar-refractivity contribution < 1.29 is 18.6 Å². The van der Waals surface area contributed by atoms with Gasteiger partial charge in [0.1, 0.15) is 6.23 Å².